The lowest BCUT2D eigenvalue weighted by molar-refractivity contribution is -0.116. The minimum atomic E-state index is -3.33. The molecule has 9 heteroatoms. The molecule has 1 fully saturated rings. The maximum Gasteiger partial charge on any atom is 0.224 e. The largest absolute Gasteiger partial charge is 0.416 e. The molecule has 1 aliphatic heterocycles. The van der Waals surface area contributed by atoms with Gasteiger partial charge in [0.15, 0.2) is 9.04 Å². The predicted molar refractivity (Wildman–Crippen MR) is 126 cm³/mol. The fourth-order valence-corrected chi connectivity index (χ4v) is 5.11. The fraction of sp³-hybridized carbons (Fsp3) is 0.667. The summed E-state index contributed by atoms with van der Waals surface area (Å²) in [6, 6.07) is 7.92. The van der Waals surface area contributed by atoms with Crippen molar-refractivity contribution >= 4 is 36.3 Å². The Morgan fingerprint density at radius 3 is 2.47 bits per heavy atom. The van der Waals surface area contributed by atoms with Crippen molar-refractivity contribution in [3.63, 3.8) is 0 Å². The lowest BCUT2D eigenvalue weighted by Crippen LogP contribution is -2.39. The van der Waals surface area contributed by atoms with Crippen molar-refractivity contribution in [2.75, 3.05) is 29.9 Å². The summed E-state index contributed by atoms with van der Waals surface area (Å²) in [6.07, 6.45) is 3.02. The SMILES string of the molecule is C[SiH](C)OC1CCN(c2ccc(NC(=O)CCCCNS(=O)(=O)C(C)(C)C)cc2)C1. The monoisotopic (exact) mass is 455 g/mol. The first-order valence-electron chi connectivity index (χ1n) is 10.8. The van der Waals surface area contributed by atoms with E-state index < -0.39 is 23.8 Å². The lowest BCUT2D eigenvalue weighted by atomic mass is 10.2. The third-order valence-electron chi connectivity index (χ3n) is 5.05. The van der Waals surface area contributed by atoms with Gasteiger partial charge in [-0.15, -0.1) is 0 Å². The van der Waals surface area contributed by atoms with Gasteiger partial charge in [-0.05, 0) is 77.4 Å². The molecule has 1 aliphatic rings. The third kappa shape index (κ3) is 7.68. The summed E-state index contributed by atoms with van der Waals surface area (Å²) in [6.45, 7) is 11.7. The minimum absolute atomic E-state index is 0.0574. The van der Waals surface area contributed by atoms with Gasteiger partial charge in [0.05, 0.1) is 10.9 Å². The molecule has 7 nitrogen and oxygen atoms in total. The number of carbonyl (C=O) groups excluding carboxylic acids is 1. The highest BCUT2D eigenvalue weighted by atomic mass is 32.2. The molecule has 0 aromatic heterocycles. The maximum absolute atomic E-state index is 12.1. The van der Waals surface area contributed by atoms with E-state index in [0.29, 0.717) is 31.9 Å². The summed E-state index contributed by atoms with van der Waals surface area (Å²) >= 11 is 0. The predicted octanol–water partition coefficient (Wildman–Crippen LogP) is 3.09. The van der Waals surface area contributed by atoms with Crippen molar-refractivity contribution in [1.29, 1.82) is 0 Å². The number of hydrogen-bond donors (Lipinski definition) is 2. The summed E-state index contributed by atoms with van der Waals surface area (Å²) < 4.78 is 31.8. The number of hydrogen-bond acceptors (Lipinski definition) is 5. The van der Waals surface area contributed by atoms with Crippen molar-refractivity contribution in [3.8, 4) is 0 Å². The molecule has 30 heavy (non-hydrogen) atoms. The molecular formula is C21H37N3O4SSi. The van der Waals surface area contributed by atoms with Crippen LogP contribution < -0.4 is 14.9 Å². The van der Waals surface area contributed by atoms with E-state index in [1.807, 2.05) is 24.3 Å². The summed E-state index contributed by atoms with van der Waals surface area (Å²) in [5.41, 5.74) is 1.93. The molecule has 0 saturated carbocycles. The number of rotatable bonds is 10. The summed E-state index contributed by atoms with van der Waals surface area (Å²) in [4.78, 5) is 14.5. The Labute approximate surface area is 183 Å². The number of sulfonamides is 1. The Morgan fingerprint density at radius 1 is 1.20 bits per heavy atom. The van der Waals surface area contributed by atoms with E-state index in [4.69, 9.17) is 4.43 Å². The highest BCUT2D eigenvalue weighted by molar-refractivity contribution is 7.90. The normalized spacial score (nSPS) is 17.5. The standard InChI is InChI=1S/C21H37N3O4SSi/c1-21(2,3)29(26,27)22-14-7-6-8-20(25)23-17-9-11-18(12-10-17)24-15-13-19(16-24)28-30(4)5/h9-12,19,22,30H,6-8,13-16H2,1-5H3,(H,23,25). The molecular weight excluding hydrogens is 418 g/mol. The second-order valence-electron chi connectivity index (χ2n) is 9.10. The zero-order chi connectivity index (χ0) is 22.4. The van der Waals surface area contributed by atoms with Crippen LogP contribution in [-0.4, -0.2) is 53.9 Å². The zero-order valence-corrected chi connectivity index (χ0v) is 20.9. The molecule has 0 bridgehead atoms. The van der Waals surface area contributed by atoms with Crippen LogP contribution in [0.15, 0.2) is 24.3 Å². The number of benzene rings is 1. The van der Waals surface area contributed by atoms with Crippen molar-refractivity contribution in [2.45, 2.75) is 70.4 Å². The van der Waals surface area contributed by atoms with Crippen molar-refractivity contribution < 1.29 is 17.6 Å². The van der Waals surface area contributed by atoms with Crippen LogP contribution in [0.2, 0.25) is 13.1 Å². The molecule has 1 aromatic rings. The lowest BCUT2D eigenvalue weighted by Gasteiger charge is -2.20. The van der Waals surface area contributed by atoms with Gasteiger partial charge in [0.2, 0.25) is 15.9 Å². The molecule has 1 atom stereocenters. The van der Waals surface area contributed by atoms with Gasteiger partial charge in [-0.3, -0.25) is 4.79 Å². The fourth-order valence-electron chi connectivity index (χ4n) is 3.27. The quantitative estimate of drug-likeness (QED) is 0.418. The Balaban J connectivity index is 1.70. The van der Waals surface area contributed by atoms with Crippen LogP contribution in [0.1, 0.15) is 46.5 Å². The van der Waals surface area contributed by atoms with E-state index in [1.54, 1.807) is 20.8 Å². The molecule has 170 valence electrons. The summed E-state index contributed by atoms with van der Waals surface area (Å²) in [7, 11) is -4.34. The van der Waals surface area contributed by atoms with Gasteiger partial charge in [-0.25, -0.2) is 13.1 Å². The van der Waals surface area contributed by atoms with Crippen LogP contribution in [0, 0.1) is 0 Å². The molecule has 1 saturated heterocycles. The highest BCUT2D eigenvalue weighted by Gasteiger charge is 2.28. The molecule has 2 rings (SSSR count). The second-order valence-corrected chi connectivity index (χ2v) is 14.0. The van der Waals surface area contributed by atoms with E-state index in [0.717, 1.165) is 30.9 Å². The van der Waals surface area contributed by atoms with Gasteiger partial charge >= 0.3 is 0 Å². The van der Waals surface area contributed by atoms with Crippen molar-refractivity contribution in [1.82, 2.24) is 4.72 Å². The van der Waals surface area contributed by atoms with Crippen molar-refractivity contribution in [3.05, 3.63) is 24.3 Å². The first kappa shape index (κ1) is 24.8. The van der Waals surface area contributed by atoms with Crippen LogP contribution in [0.25, 0.3) is 0 Å². The van der Waals surface area contributed by atoms with Crippen LogP contribution in [0.5, 0.6) is 0 Å². The highest BCUT2D eigenvalue weighted by Crippen LogP contribution is 2.24. The first-order chi connectivity index (χ1) is 14.0. The van der Waals surface area contributed by atoms with E-state index in [-0.39, 0.29) is 5.91 Å². The molecule has 1 aromatic carbocycles. The van der Waals surface area contributed by atoms with Gasteiger partial charge in [0.1, 0.15) is 0 Å². The first-order valence-corrected chi connectivity index (χ1v) is 15.0. The van der Waals surface area contributed by atoms with Gasteiger partial charge < -0.3 is 14.6 Å². The Morgan fingerprint density at radius 2 is 1.87 bits per heavy atom. The third-order valence-corrected chi connectivity index (χ3v) is 8.18. The van der Waals surface area contributed by atoms with Gasteiger partial charge in [0, 0.05) is 37.4 Å². The molecule has 0 aliphatic carbocycles. The van der Waals surface area contributed by atoms with Gasteiger partial charge in [-0.2, -0.15) is 0 Å². The van der Waals surface area contributed by atoms with Gasteiger partial charge in [0.25, 0.3) is 0 Å². The minimum Gasteiger partial charge on any atom is -0.416 e. The Hall–Kier alpha value is -1.42. The number of amides is 1. The van der Waals surface area contributed by atoms with Crippen LogP contribution in [-0.2, 0) is 19.2 Å². The number of anilines is 2. The maximum atomic E-state index is 12.1. The van der Waals surface area contributed by atoms with Crippen molar-refractivity contribution in [2.24, 2.45) is 0 Å². The number of carbonyl (C=O) groups is 1. The Bertz CT molecular complexity index is 791. The average Bonchev–Trinajstić information content (AvgIpc) is 3.08. The van der Waals surface area contributed by atoms with E-state index in [2.05, 4.69) is 28.0 Å². The number of nitrogens with zero attached hydrogens (tertiary/aromatic N) is 1. The zero-order valence-electron chi connectivity index (χ0n) is 18.9. The van der Waals surface area contributed by atoms with Crippen LogP contribution in [0.3, 0.4) is 0 Å². The average molecular weight is 456 g/mol. The number of unbranched alkanes of at least 4 members (excludes halogenated alkanes) is 1. The smallest absolute Gasteiger partial charge is 0.224 e. The molecule has 2 N–H and O–H groups in total. The molecule has 0 spiro atoms. The van der Waals surface area contributed by atoms with Crippen LogP contribution >= 0.6 is 0 Å². The van der Waals surface area contributed by atoms with E-state index in [9.17, 15) is 13.2 Å². The van der Waals surface area contributed by atoms with E-state index in [1.165, 1.54) is 0 Å². The number of nitrogens with one attached hydrogen (secondary N) is 2. The summed E-state index contributed by atoms with van der Waals surface area (Å²) in [5, 5.41) is 2.91. The Kier molecular flexibility index (Phi) is 8.90. The summed E-state index contributed by atoms with van der Waals surface area (Å²) in [5.74, 6) is -0.0574. The van der Waals surface area contributed by atoms with E-state index >= 15 is 0 Å². The van der Waals surface area contributed by atoms with Crippen LogP contribution in [0.4, 0.5) is 11.4 Å². The second kappa shape index (κ2) is 10.7. The topological polar surface area (TPSA) is 87.7 Å². The van der Waals surface area contributed by atoms with Gasteiger partial charge in [-0.1, -0.05) is 0 Å². The molecule has 1 unspecified atom stereocenters. The molecule has 1 heterocycles. The molecule has 0 radical (unpaired) electrons. The molecule has 1 amide bonds.